The zero-order valence-corrected chi connectivity index (χ0v) is 43.4. The second-order valence-corrected chi connectivity index (χ2v) is 21.9. The van der Waals surface area contributed by atoms with E-state index in [1.807, 2.05) is 82.4 Å². The Balaban J connectivity index is 0.946. The molecule has 0 radical (unpaired) electrons. The number of imidazole rings is 2. The lowest BCUT2D eigenvalue weighted by molar-refractivity contribution is -0.136. The van der Waals surface area contributed by atoms with Crippen LogP contribution in [0.4, 0.5) is 18.8 Å². The molecule has 0 spiro atoms. The van der Waals surface area contributed by atoms with E-state index in [0.29, 0.717) is 29.5 Å². The van der Waals surface area contributed by atoms with Crippen molar-refractivity contribution < 1.29 is 42.6 Å². The minimum atomic E-state index is -0.948. The standard InChI is InChI=1S/C55H68FN9O8/c1-31(2)45(61-51(68)72-54(5,6)7)49(66)64-24-12-15-43(64)47-57-26-41(59-47)35-20-16-33(17-21-35)34-18-22-36(23-19-34)42-27-58-48(60-42)44-25-38(71-53(70)63-28-37-13-11-14-40(56)39(37)30-63)29-65(44)50(67)46(32(3)4)62-52(69)73-55(8,9)10/h11,13-14,16-23,26-27,31-32,38,43-46H,12,15,24-25,28-30H2,1-10H3,(H,57,59)(H,58,60)(H,61,68)(H,62,69)/t38-,43+,44+,45+,46+/m1/s1. The molecular weight excluding hydrogens is 934 g/mol. The number of H-pyrrole nitrogens is 2. The summed E-state index contributed by atoms with van der Waals surface area (Å²) >= 11 is 0. The Morgan fingerprint density at radius 1 is 0.726 bits per heavy atom. The molecule has 3 aromatic carbocycles. The van der Waals surface area contributed by atoms with Gasteiger partial charge in [0.25, 0.3) is 0 Å². The Morgan fingerprint density at radius 3 is 1.88 bits per heavy atom. The van der Waals surface area contributed by atoms with Gasteiger partial charge in [0.1, 0.15) is 46.9 Å². The first-order valence-corrected chi connectivity index (χ1v) is 25.1. The number of benzene rings is 3. The number of alkyl carbamates (subject to hydrolysis) is 2. The van der Waals surface area contributed by atoms with E-state index in [9.17, 15) is 28.4 Å². The topological polar surface area (TPSA) is 204 Å². The van der Waals surface area contributed by atoms with Crippen molar-refractivity contribution in [3.05, 3.63) is 108 Å². The first-order valence-electron chi connectivity index (χ1n) is 25.1. The van der Waals surface area contributed by atoms with Crippen LogP contribution in [0.3, 0.4) is 0 Å². The van der Waals surface area contributed by atoms with Gasteiger partial charge >= 0.3 is 18.3 Å². The van der Waals surface area contributed by atoms with Crippen LogP contribution in [0.5, 0.6) is 0 Å². The van der Waals surface area contributed by atoms with Gasteiger partial charge in [0.05, 0.1) is 42.8 Å². The number of halogens is 1. The van der Waals surface area contributed by atoms with E-state index in [0.717, 1.165) is 46.4 Å². The summed E-state index contributed by atoms with van der Waals surface area (Å²) in [6.07, 6.45) is 2.68. The number of hydrogen-bond donors (Lipinski definition) is 4. The average Bonchev–Trinajstić information content (AvgIpc) is 4.18. The molecule has 0 saturated carbocycles. The maximum Gasteiger partial charge on any atom is 0.410 e. The van der Waals surface area contributed by atoms with E-state index in [2.05, 4.69) is 20.6 Å². The van der Waals surface area contributed by atoms with Crippen LogP contribution in [0.15, 0.2) is 79.1 Å². The van der Waals surface area contributed by atoms with Gasteiger partial charge in [-0.3, -0.25) is 14.5 Å². The van der Waals surface area contributed by atoms with Crippen LogP contribution in [0.25, 0.3) is 33.6 Å². The van der Waals surface area contributed by atoms with Crippen LogP contribution in [0, 0.1) is 17.7 Å². The molecule has 17 nitrogen and oxygen atoms in total. The predicted molar refractivity (Wildman–Crippen MR) is 272 cm³/mol. The zero-order valence-electron chi connectivity index (χ0n) is 43.4. The van der Waals surface area contributed by atoms with Gasteiger partial charge in [-0.05, 0) is 94.5 Å². The Morgan fingerprint density at radius 2 is 1.30 bits per heavy atom. The molecular formula is C55H68FN9O8. The number of nitrogens with one attached hydrogen (secondary N) is 4. The van der Waals surface area contributed by atoms with Crippen LogP contribution in [-0.2, 0) is 36.9 Å². The van der Waals surface area contributed by atoms with Crippen molar-refractivity contribution in [2.45, 2.75) is 143 Å². The number of amides is 5. The Kier molecular flexibility index (Phi) is 15.0. The lowest BCUT2D eigenvalue weighted by Crippen LogP contribution is -2.52. The van der Waals surface area contributed by atoms with Gasteiger partial charge in [-0.2, -0.15) is 0 Å². The van der Waals surface area contributed by atoms with Gasteiger partial charge in [0.2, 0.25) is 11.8 Å². The van der Waals surface area contributed by atoms with Crippen molar-refractivity contribution in [3.63, 3.8) is 0 Å². The number of nitrogens with zero attached hydrogens (tertiary/aromatic N) is 5. The quantitative estimate of drug-likeness (QED) is 0.0871. The highest BCUT2D eigenvalue weighted by atomic mass is 19.1. The van der Waals surface area contributed by atoms with Gasteiger partial charge in [-0.25, -0.2) is 28.7 Å². The molecule has 2 fully saturated rings. The van der Waals surface area contributed by atoms with Crippen molar-refractivity contribution in [1.29, 1.82) is 0 Å². The van der Waals surface area contributed by atoms with Gasteiger partial charge in [-0.15, -0.1) is 0 Å². The fraction of sp³-hybridized carbons (Fsp3) is 0.473. The number of aromatic amines is 2. The number of rotatable bonds is 12. The minimum absolute atomic E-state index is 0.0457. The van der Waals surface area contributed by atoms with Crippen LogP contribution in [-0.4, -0.2) is 107 Å². The maximum atomic E-state index is 14.6. The van der Waals surface area contributed by atoms with E-state index < -0.39 is 53.7 Å². The lowest BCUT2D eigenvalue weighted by Gasteiger charge is -2.31. The number of carbonyl (C=O) groups excluding carboxylic acids is 5. The lowest BCUT2D eigenvalue weighted by atomic mass is 10.0. The molecule has 8 rings (SSSR count). The van der Waals surface area contributed by atoms with Gasteiger partial charge in [-0.1, -0.05) is 88.4 Å². The van der Waals surface area contributed by atoms with Crippen LogP contribution in [0.2, 0.25) is 0 Å². The number of carbonyl (C=O) groups is 5. The number of likely N-dealkylation sites (tertiary alicyclic amines) is 2. The first kappa shape index (κ1) is 52.1. The van der Waals surface area contributed by atoms with Crippen molar-refractivity contribution >= 4 is 30.1 Å². The SMILES string of the molecule is CC(C)[C@H](NC(=O)OC(C)(C)C)C(=O)N1CCC[C@H]1c1nc(-c2ccc(-c3ccc(-c4cnc([C@@H]5C[C@@H](OC(=O)N6Cc7cccc(F)c7C6)CN5C(=O)[C@@H](NC(=O)OC(C)(C)C)C(C)C)[nH]4)cc3)cc2)c[nH]1. The summed E-state index contributed by atoms with van der Waals surface area (Å²) < 4.78 is 31.5. The predicted octanol–water partition coefficient (Wildman–Crippen LogP) is 9.83. The van der Waals surface area contributed by atoms with Gasteiger partial charge < -0.3 is 44.6 Å². The second-order valence-electron chi connectivity index (χ2n) is 21.9. The molecule has 3 aliphatic heterocycles. The number of fused-ring (bicyclic) bond motifs is 1. The maximum absolute atomic E-state index is 14.6. The number of ether oxygens (including phenoxy) is 3. The normalized spacial score (nSPS) is 18.7. The molecule has 0 bridgehead atoms. The van der Waals surface area contributed by atoms with Crippen LogP contribution >= 0.6 is 0 Å². The Labute approximate surface area is 426 Å². The van der Waals surface area contributed by atoms with Crippen molar-refractivity contribution in [1.82, 2.24) is 45.3 Å². The highest BCUT2D eigenvalue weighted by molar-refractivity contribution is 5.87. The zero-order chi connectivity index (χ0) is 52.5. The molecule has 73 heavy (non-hydrogen) atoms. The van der Waals surface area contributed by atoms with Crippen molar-refractivity contribution in [2.24, 2.45) is 11.8 Å². The molecule has 2 aromatic heterocycles. The van der Waals surface area contributed by atoms with E-state index in [1.165, 1.54) is 11.0 Å². The first-order chi connectivity index (χ1) is 34.5. The highest BCUT2D eigenvalue weighted by Crippen LogP contribution is 2.37. The Bertz CT molecular complexity index is 2810. The van der Waals surface area contributed by atoms with Gasteiger partial charge in [0, 0.05) is 36.8 Å². The van der Waals surface area contributed by atoms with Crippen molar-refractivity contribution in [2.75, 3.05) is 13.1 Å². The summed E-state index contributed by atoms with van der Waals surface area (Å²) in [7, 11) is 0. The third-order valence-corrected chi connectivity index (χ3v) is 13.3. The molecule has 3 aliphatic rings. The molecule has 5 atom stereocenters. The monoisotopic (exact) mass is 1000 g/mol. The van der Waals surface area contributed by atoms with Crippen LogP contribution < -0.4 is 10.6 Å². The van der Waals surface area contributed by atoms with E-state index in [-0.39, 0.29) is 61.6 Å². The molecule has 18 heteroatoms. The summed E-state index contributed by atoms with van der Waals surface area (Å²) in [5, 5.41) is 5.56. The van der Waals surface area contributed by atoms with Crippen LogP contribution in [0.1, 0.15) is 123 Å². The largest absolute Gasteiger partial charge is 0.444 e. The second kappa shape index (κ2) is 21.1. The Hall–Kier alpha value is -7.24. The third-order valence-electron chi connectivity index (χ3n) is 13.3. The molecule has 0 aliphatic carbocycles. The molecule has 5 amide bonds. The average molecular weight is 1000 g/mol. The van der Waals surface area contributed by atoms with Gasteiger partial charge in [0.15, 0.2) is 0 Å². The smallest absolute Gasteiger partial charge is 0.410 e. The molecule has 5 aromatic rings. The van der Waals surface area contributed by atoms with Crippen molar-refractivity contribution in [3.8, 4) is 33.6 Å². The van der Waals surface area contributed by atoms with E-state index in [1.54, 1.807) is 69.7 Å². The molecule has 388 valence electrons. The third kappa shape index (κ3) is 12.2. The fourth-order valence-corrected chi connectivity index (χ4v) is 9.66. The molecule has 4 N–H and O–H groups in total. The highest BCUT2D eigenvalue weighted by Gasteiger charge is 2.44. The molecule has 5 heterocycles. The summed E-state index contributed by atoms with van der Waals surface area (Å²) in [6, 6.07) is 18.3. The number of aromatic nitrogens is 4. The van der Waals surface area contributed by atoms with E-state index >= 15 is 0 Å². The molecule has 0 unspecified atom stereocenters. The van der Waals surface area contributed by atoms with E-state index in [4.69, 9.17) is 24.2 Å². The number of hydrogen-bond acceptors (Lipinski definition) is 10. The summed E-state index contributed by atoms with van der Waals surface area (Å²) in [4.78, 5) is 88.8. The fourth-order valence-electron chi connectivity index (χ4n) is 9.66. The summed E-state index contributed by atoms with van der Waals surface area (Å²) in [5.41, 5.74) is 4.90. The molecule has 2 saturated heterocycles. The summed E-state index contributed by atoms with van der Waals surface area (Å²) in [5.74, 6) is -0.203. The summed E-state index contributed by atoms with van der Waals surface area (Å²) in [6.45, 7) is 19.0. The minimum Gasteiger partial charge on any atom is -0.444 e.